The molecular weight excluding hydrogens is 175 g/mol. The van der Waals surface area contributed by atoms with E-state index in [0.29, 0.717) is 11.3 Å². The van der Waals surface area contributed by atoms with Crippen LogP contribution in [0.15, 0.2) is 0 Å². The minimum atomic E-state index is -2.04. The highest BCUT2D eigenvalue weighted by atomic mass is 32.4. The fourth-order valence-corrected chi connectivity index (χ4v) is 3.77. The average molecular weight is 194 g/mol. The lowest BCUT2D eigenvalue weighted by atomic mass is 10.4. The summed E-state index contributed by atoms with van der Waals surface area (Å²) in [6.07, 6.45) is -0.0450. The van der Waals surface area contributed by atoms with E-state index in [1.54, 1.807) is 0 Å². The van der Waals surface area contributed by atoms with Gasteiger partial charge in [-0.05, 0) is 12.8 Å². The monoisotopic (exact) mass is 194 g/mol. The van der Waals surface area contributed by atoms with Gasteiger partial charge in [-0.2, -0.15) is 0 Å². The predicted octanol–water partition coefficient (Wildman–Crippen LogP) is 2.97. The molecule has 0 aromatic carbocycles. The molecule has 0 spiro atoms. The van der Waals surface area contributed by atoms with Crippen LogP contribution in [0.2, 0.25) is 0 Å². The molecule has 0 saturated heterocycles. The molecule has 0 aromatic rings. The molecule has 2 atom stereocenters. The highest BCUT2D eigenvalue weighted by Crippen LogP contribution is 2.53. The van der Waals surface area contributed by atoms with Gasteiger partial charge in [-0.25, -0.2) is 0 Å². The van der Waals surface area contributed by atoms with Gasteiger partial charge in [-0.15, -0.1) is 0 Å². The first-order chi connectivity index (χ1) is 4.96. The second-order valence-electron chi connectivity index (χ2n) is 3.19. The lowest BCUT2D eigenvalue weighted by Crippen LogP contribution is -2.11. The smallest absolute Gasteiger partial charge is 0.0689 e. The Bertz CT molecular complexity index is 144. The van der Waals surface area contributed by atoms with Crippen LogP contribution in [0.1, 0.15) is 40.5 Å². The maximum atomic E-state index is 9.98. The van der Waals surface area contributed by atoms with E-state index >= 15 is 0 Å². The molecule has 0 radical (unpaired) electrons. The third kappa shape index (κ3) is 2.85. The first-order valence-electron chi connectivity index (χ1n) is 4.28. The molecule has 0 heterocycles. The van der Waals surface area contributed by atoms with E-state index in [9.17, 15) is 4.89 Å². The van der Waals surface area contributed by atoms with Crippen LogP contribution in [-0.2, 0) is 11.8 Å². The van der Waals surface area contributed by atoms with Crippen molar-refractivity contribution >= 4 is 18.1 Å². The summed E-state index contributed by atoms with van der Waals surface area (Å²) in [5.74, 6) is 0. The van der Waals surface area contributed by atoms with Crippen LogP contribution >= 0.6 is 6.26 Å². The molecule has 0 aromatic heterocycles. The van der Waals surface area contributed by atoms with Gasteiger partial charge in [0.1, 0.15) is 0 Å². The van der Waals surface area contributed by atoms with Crippen molar-refractivity contribution in [2.24, 2.45) is 0 Å². The lowest BCUT2D eigenvalue weighted by Gasteiger charge is -2.27. The minimum Gasteiger partial charge on any atom is -0.365 e. The summed E-state index contributed by atoms with van der Waals surface area (Å²) in [7, 11) is 0. The van der Waals surface area contributed by atoms with Crippen LogP contribution in [0.5, 0.6) is 0 Å². The highest BCUT2D eigenvalue weighted by molar-refractivity contribution is 8.12. The van der Waals surface area contributed by atoms with Crippen molar-refractivity contribution in [1.29, 1.82) is 0 Å². The van der Waals surface area contributed by atoms with E-state index in [1.165, 1.54) is 0 Å². The van der Waals surface area contributed by atoms with E-state index in [0.717, 1.165) is 12.8 Å². The number of rotatable bonds is 4. The SMILES string of the molecule is CCC(C)P(O)(=S)C(C)CC. The molecule has 68 valence electrons. The summed E-state index contributed by atoms with van der Waals surface area (Å²) in [4.78, 5) is 9.98. The maximum absolute atomic E-state index is 9.98. The normalized spacial score (nSPS) is 22.3. The molecule has 1 nitrogen and oxygen atoms in total. The van der Waals surface area contributed by atoms with Crippen molar-refractivity contribution < 1.29 is 4.89 Å². The zero-order chi connectivity index (χ0) is 9.07. The Kier molecular flexibility index (Phi) is 4.85. The summed E-state index contributed by atoms with van der Waals surface area (Å²) >= 11 is 5.25. The summed E-state index contributed by atoms with van der Waals surface area (Å²) in [5, 5.41) is 0. The average Bonchev–Trinajstić information content (AvgIpc) is 2.01. The molecule has 0 saturated carbocycles. The maximum Gasteiger partial charge on any atom is 0.0689 e. The third-order valence-corrected chi connectivity index (χ3v) is 7.86. The predicted molar refractivity (Wildman–Crippen MR) is 56.0 cm³/mol. The lowest BCUT2D eigenvalue weighted by molar-refractivity contribution is 0.580. The van der Waals surface area contributed by atoms with Crippen molar-refractivity contribution in [2.75, 3.05) is 0 Å². The first-order valence-corrected chi connectivity index (χ1v) is 7.18. The molecule has 0 aliphatic rings. The van der Waals surface area contributed by atoms with E-state index < -0.39 is 6.26 Å². The van der Waals surface area contributed by atoms with Crippen LogP contribution in [-0.4, -0.2) is 16.2 Å². The fourth-order valence-electron chi connectivity index (χ4n) is 0.958. The molecule has 3 heteroatoms. The van der Waals surface area contributed by atoms with E-state index in [4.69, 9.17) is 11.8 Å². The molecule has 11 heavy (non-hydrogen) atoms. The van der Waals surface area contributed by atoms with E-state index in [-0.39, 0.29) is 0 Å². The molecular formula is C8H19OPS. The minimum absolute atomic E-state index is 0.326. The van der Waals surface area contributed by atoms with Crippen molar-refractivity contribution in [3.63, 3.8) is 0 Å². The van der Waals surface area contributed by atoms with Gasteiger partial charge in [0.2, 0.25) is 0 Å². The molecule has 0 amide bonds. The standard InChI is InChI=1S/C8H19OPS/c1-5-7(3)10(9,11)8(4)6-2/h7-8H,5-6H2,1-4H3,(H,9,11). The third-order valence-electron chi connectivity index (χ3n) is 2.44. The second kappa shape index (κ2) is 4.59. The van der Waals surface area contributed by atoms with Crippen molar-refractivity contribution in [3.05, 3.63) is 0 Å². The number of hydrogen-bond acceptors (Lipinski definition) is 1. The topological polar surface area (TPSA) is 20.2 Å². The largest absolute Gasteiger partial charge is 0.365 e. The van der Waals surface area contributed by atoms with Gasteiger partial charge in [-0.1, -0.05) is 39.5 Å². The Hall–Kier alpha value is 0.610. The Balaban J connectivity index is 4.32. The Morgan fingerprint density at radius 3 is 1.64 bits per heavy atom. The van der Waals surface area contributed by atoms with Crippen LogP contribution in [0.3, 0.4) is 0 Å². The molecule has 0 aliphatic heterocycles. The van der Waals surface area contributed by atoms with Gasteiger partial charge in [0.15, 0.2) is 0 Å². The first kappa shape index (κ1) is 11.6. The Labute approximate surface area is 75.3 Å². The Morgan fingerprint density at radius 1 is 1.18 bits per heavy atom. The van der Waals surface area contributed by atoms with Crippen molar-refractivity contribution in [1.82, 2.24) is 0 Å². The van der Waals surface area contributed by atoms with Gasteiger partial charge >= 0.3 is 0 Å². The van der Waals surface area contributed by atoms with Crippen LogP contribution in [0, 0.1) is 0 Å². The van der Waals surface area contributed by atoms with Gasteiger partial charge in [0.05, 0.1) is 6.26 Å². The Morgan fingerprint density at radius 2 is 1.45 bits per heavy atom. The summed E-state index contributed by atoms with van der Waals surface area (Å²) < 4.78 is 0. The van der Waals surface area contributed by atoms with Gasteiger partial charge in [0.25, 0.3) is 0 Å². The zero-order valence-electron chi connectivity index (χ0n) is 7.87. The zero-order valence-corrected chi connectivity index (χ0v) is 9.58. The molecule has 0 rings (SSSR count). The summed E-state index contributed by atoms with van der Waals surface area (Å²) in [6.45, 7) is 8.30. The van der Waals surface area contributed by atoms with Gasteiger partial charge < -0.3 is 4.89 Å². The van der Waals surface area contributed by atoms with Crippen LogP contribution in [0.4, 0.5) is 0 Å². The van der Waals surface area contributed by atoms with Crippen LogP contribution in [0.25, 0.3) is 0 Å². The molecule has 1 N–H and O–H groups in total. The summed E-state index contributed by atoms with van der Waals surface area (Å²) in [5.41, 5.74) is 0.653. The van der Waals surface area contributed by atoms with Crippen molar-refractivity contribution in [2.45, 2.75) is 51.9 Å². The van der Waals surface area contributed by atoms with Gasteiger partial charge in [0, 0.05) is 11.3 Å². The quantitative estimate of drug-likeness (QED) is 0.694. The van der Waals surface area contributed by atoms with E-state index in [1.807, 2.05) is 0 Å². The number of hydrogen-bond donors (Lipinski definition) is 1. The van der Waals surface area contributed by atoms with Crippen molar-refractivity contribution in [3.8, 4) is 0 Å². The molecule has 2 unspecified atom stereocenters. The van der Waals surface area contributed by atoms with E-state index in [2.05, 4.69) is 27.7 Å². The second-order valence-corrected chi connectivity index (χ2v) is 8.05. The van der Waals surface area contributed by atoms with Gasteiger partial charge in [-0.3, -0.25) is 0 Å². The summed E-state index contributed by atoms with van der Waals surface area (Å²) in [6, 6.07) is 0. The highest BCUT2D eigenvalue weighted by Gasteiger charge is 2.25. The molecule has 0 fully saturated rings. The van der Waals surface area contributed by atoms with Crippen LogP contribution < -0.4 is 0 Å². The molecule has 0 bridgehead atoms. The fraction of sp³-hybridized carbons (Fsp3) is 1.00. The molecule has 0 aliphatic carbocycles.